The molecule has 1 saturated heterocycles. The van der Waals surface area contributed by atoms with Gasteiger partial charge in [-0.1, -0.05) is 12.1 Å². The van der Waals surface area contributed by atoms with E-state index in [-0.39, 0.29) is 0 Å². The van der Waals surface area contributed by atoms with Gasteiger partial charge in [0.05, 0.1) is 50.7 Å². The summed E-state index contributed by atoms with van der Waals surface area (Å²) in [7, 11) is 3.21. The van der Waals surface area contributed by atoms with Crippen molar-refractivity contribution in [2.24, 2.45) is 0 Å². The fourth-order valence-electron chi connectivity index (χ4n) is 5.08. The molecule has 5 rings (SSSR count). The summed E-state index contributed by atoms with van der Waals surface area (Å²) in [6.45, 7) is 6.85. The van der Waals surface area contributed by atoms with Crippen LogP contribution >= 0.6 is 0 Å². The third-order valence-corrected chi connectivity index (χ3v) is 8.87. The van der Waals surface area contributed by atoms with Gasteiger partial charge in [-0.3, -0.25) is 4.98 Å². The third kappa shape index (κ3) is 7.46. The number of pyridine rings is 1. The van der Waals surface area contributed by atoms with Crippen molar-refractivity contribution in [2.45, 2.75) is 13.3 Å². The van der Waals surface area contributed by atoms with Crippen LogP contribution in [0.3, 0.4) is 0 Å². The highest BCUT2D eigenvalue weighted by atomic mass is 32.2. The topological polar surface area (TPSA) is 115 Å². The standard InChI is InChI=1S/C33H37N5O5S/c1-4-44(39)38-17-15-37(16-18-38)14-7-19-42-32-21-28-27(20-31(32)41-3)33(24(22-34)23-35-28)36-25-10-12-26(13-11-25)43-30-9-6-5-8-29(30)40-2/h5-6,8-13,20-21,23H,4,7,14-19H2,1-3H3,(H,35,36). The van der Waals surface area contributed by atoms with Crippen LogP contribution in [0.5, 0.6) is 28.7 Å². The lowest BCUT2D eigenvalue weighted by molar-refractivity contribution is 0.174. The van der Waals surface area contributed by atoms with Crippen molar-refractivity contribution in [3.8, 4) is 34.8 Å². The van der Waals surface area contributed by atoms with Crippen molar-refractivity contribution in [2.75, 3.05) is 64.6 Å². The van der Waals surface area contributed by atoms with Crippen molar-refractivity contribution >= 4 is 33.6 Å². The van der Waals surface area contributed by atoms with Gasteiger partial charge in [0.1, 0.15) is 17.6 Å². The largest absolute Gasteiger partial charge is 0.598 e. The second-order valence-corrected chi connectivity index (χ2v) is 11.9. The van der Waals surface area contributed by atoms with Gasteiger partial charge in [0, 0.05) is 54.3 Å². The smallest absolute Gasteiger partial charge is 0.169 e. The molecular weight excluding hydrogens is 578 g/mol. The van der Waals surface area contributed by atoms with Gasteiger partial charge in [-0.05, 0) is 55.8 Å². The number of ether oxygens (including phenoxy) is 4. The SMILES string of the molecule is CC[S+]([O-])N1CCN(CCCOc2cc3ncc(C#N)c(Nc4ccc(Oc5ccccc5OC)cc4)c3cc2OC)CC1. The number of piperazine rings is 1. The molecule has 0 radical (unpaired) electrons. The molecule has 44 heavy (non-hydrogen) atoms. The van der Waals surface area contributed by atoms with Gasteiger partial charge >= 0.3 is 0 Å². The Morgan fingerprint density at radius 2 is 1.68 bits per heavy atom. The molecule has 1 N–H and O–H groups in total. The predicted molar refractivity (Wildman–Crippen MR) is 173 cm³/mol. The Kier molecular flexibility index (Phi) is 10.6. The normalized spacial score (nSPS) is 14.5. The van der Waals surface area contributed by atoms with Crippen molar-refractivity contribution < 1.29 is 23.5 Å². The number of nitriles is 1. The zero-order valence-corrected chi connectivity index (χ0v) is 26.1. The Hall–Kier alpha value is -4.21. The molecule has 1 unspecified atom stereocenters. The van der Waals surface area contributed by atoms with E-state index >= 15 is 0 Å². The van der Waals surface area contributed by atoms with Crippen LogP contribution in [-0.4, -0.2) is 78.0 Å². The Bertz CT molecular complexity index is 1590. The monoisotopic (exact) mass is 615 g/mol. The zero-order chi connectivity index (χ0) is 30.9. The molecule has 1 aliphatic rings. The number of hydrogen-bond acceptors (Lipinski definition) is 10. The van der Waals surface area contributed by atoms with Gasteiger partial charge in [-0.15, -0.1) is 4.31 Å². The van der Waals surface area contributed by atoms with Crippen LogP contribution in [0.25, 0.3) is 10.9 Å². The van der Waals surface area contributed by atoms with Gasteiger partial charge in [0.25, 0.3) is 0 Å². The maximum absolute atomic E-state index is 12.0. The van der Waals surface area contributed by atoms with Gasteiger partial charge in [0.15, 0.2) is 23.0 Å². The van der Waals surface area contributed by atoms with Crippen LogP contribution in [0.2, 0.25) is 0 Å². The molecule has 1 atom stereocenters. The number of benzene rings is 3. The molecule has 2 heterocycles. The Morgan fingerprint density at radius 3 is 2.36 bits per heavy atom. The number of hydrogen-bond donors (Lipinski definition) is 1. The summed E-state index contributed by atoms with van der Waals surface area (Å²) < 4.78 is 37.3. The van der Waals surface area contributed by atoms with Crippen LogP contribution in [0.15, 0.2) is 66.9 Å². The molecule has 0 aliphatic carbocycles. The fraction of sp³-hybridized carbons (Fsp3) is 0.333. The molecule has 1 fully saturated rings. The molecule has 4 aromatic rings. The minimum atomic E-state index is -0.870. The highest BCUT2D eigenvalue weighted by Gasteiger charge is 2.24. The second kappa shape index (κ2) is 15.0. The Morgan fingerprint density at radius 1 is 0.955 bits per heavy atom. The maximum atomic E-state index is 12.0. The molecule has 10 nitrogen and oxygen atoms in total. The quantitative estimate of drug-likeness (QED) is 0.148. The van der Waals surface area contributed by atoms with Gasteiger partial charge in [0.2, 0.25) is 0 Å². The highest BCUT2D eigenvalue weighted by Crippen LogP contribution is 2.38. The summed E-state index contributed by atoms with van der Waals surface area (Å²) in [5.41, 5.74) is 2.50. The zero-order valence-electron chi connectivity index (χ0n) is 25.2. The first-order valence-corrected chi connectivity index (χ1v) is 15.9. The number of para-hydroxylation sites is 2. The average molecular weight is 616 g/mol. The summed E-state index contributed by atoms with van der Waals surface area (Å²) in [6.07, 6.45) is 2.41. The van der Waals surface area contributed by atoms with E-state index in [2.05, 4.69) is 21.3 Å². The predicted octanol–water partition coefficient (Wildman–Crippen LogP) is 5.73. The van der Waals surface area contributed by atoms with Crippen LogP contribution in [0.4, 0.5) is 11.4 Å². The molecular formula is C33H37N5O5S. The first-order chi connectivity index (χ1) is 21.5. The minimum Gasteiger partial charge on any atom is -0.598 e. The summed E-state index contributed by atoms with van der Waals surface area (Å²) in [4.78, 5) is 6.91. The molecule has 0 saturated carbocycles. The first kappa shape index (κ1) is 31.2. The second-order valence-electron chi connectivity index (χ2n) is 10.2. The number of methoxy groups -OCH3 is 2. The van der Waals surface area contributed by atoms with Gasteiger partial charge in [-0.2, -0.15) is 5.26 Å². The first-order valence-electron chi connectivity index (χ1n) is 14.6. The lowest BCUT2D eigenvalue weighted by Gasteiger charge is -2.34. The molecule has 11 heteroatoms. The summed E-state index contributed by atoms with van der Waals surface area (Å²) in [5, 5.41) is 14.0. The summed E-state index contributed by atoms with van der Waals surface area (Å²) in [6, 6.07) is 20.9. The van der Waals surface area contributed by atoms with Crippen molar-refractivity contribution in [1.29, 1.82) is 5.26 Å². The third-order valence-electron chi connectivity index (χ3n) is 7.44. The van der Waals surface area contributed by atoms with Crippen molar-refractivity contribution in [3.63, 3.8) is 0 Å². The van der Waals surface area contributed by atoms with Crippen LogP contribution in [0, 0.1) is 11.3 Å². The van der Waals surface area contributed by atoms with E-state index in [1.165, 1.54) is 0 Å². The molecule has 0 amide bonds. The highest BCUT2D eigenvalue weighted by molar-refractivity contribution is 7.89. The molecule has 230 valence electrons. The molecule has 3 aromatic carbocycles. The van der Waals surface area contributed by atoms with Crippen LogP contribution in [0.1, 0.15) is 18.9 Å². The Balaban J connectivity index is 1.25. The lowest BCUT2D eigenvalue weighted by Crippen LogP contribution is -2.49. The van der Waals surface area contributed by atoms with Crippen LogP contribution in [-0.2, 0) is 11.4 Å². The van der Waals surface area contributed by atoms with E-state index in [0.29, 0.717) is 57.9 Å². The van der Waals surface area contributed by atoms with E-state index in [4.69, 9.17) is 18.9 Å². The average Bonchev–Trinajstić information content (AvgIpc) is 3.07. The van der Waals surface area contributed by atoms with Crippen molar-refractivity contribution in [3.05, 3.63) is 72.4 Å². The lowest BCUT2D eigenvalue weighted by atomic mass is 10.1. The van der Waals surface area contributed by atoms with E-state index in [9.17, 15) is 9.81 Å². The van der Waals surface area contributed by atoms with Crippen LogP contribution < -0.4 is 24.3 Å². The number of anilines is 2. The number of rotatable bonds is 13. The van der Waals surface area contributed by atoms with Crippen molar-refractivity contribution in [1.82, 2.24) is 14.2 Å². The van der Waals surface area contributed by atoms with E-state index < -0.39 is 11.4 Å². The van der Waals surface area contributed by atoms with Gasteiger partial charge < -0.3 is 33.7 Å². The summed E-state index contributed by atoms with van der Waals surface area (Å²) in [5.74, 6) is 3.75. The van der Waals surface area contributed by atoms with Gasteiger partial charge in [-0.25, -0.2) is 0 Å². The van der Waals surface area contributed by atoms with E-state index in [1.54, 1.807) is 20.4 Å². The molecule has 0 spiro atoms. The number of nitrogens with one attached hydrogen (secondary N) is 1. The summed E-state index contributed by atoms with van der Waals surface area (Å²) >= 11 is -0.870. The Labute approximate surface area is 261 Å². The number of aromatic nitrogens is 1. The number of nitrogens with zero attached hydrogens (tertiary/aromatic N) is 4. The molecule has 0 bridgehead atoms. The number of fused-ring (bicyclic) bond motifs is 1. The van der Waals surface area contributed by atoms with E-state index in [1.807, 2.05) is 71.9 Å². The minimum absolute atomic E-state index is 0.408. The molecule has 1 aromatic heterocycles. The maximum Gasteiger partial charge on any atom is 0.169 e. The fourth-order valence-corrected chi connectivity index (χ4v) is 6.02. The van der Waals surface area contributed by atoms with E-state index in [0.717, 1.165) is 50.2 Å². The molecule has 1 aliphatic heterocycles.